The summed E-state index contributed by atoms with van der Waals surface area (Å²) in [4.78, 5) is 0. The zero-order valence-electron chi connectivity index (χ0n) is 9.84. The highest BCUT2D eigenvalue weighted by Gasteiger charge is 2.31. The van der Waals surface area contributed by atoms with E-state index in [1.807, 2.05) is 0 Å². The summed E-state index contributed by atoms with van der Waals surface area (Å²) in [5.41, 5.74) is 4.66. The van der Waals surface area contributed by atoms with Crippen LogP contribution in [0.1, 0.15) is 5.56 Å². The largest absolute Gasteiger partial charge is 0.454 e. The molecule has 0 aliphatic carbocycles. The lowest BCUT2D eigenvalue weighted by atomic mass is 10.2. The Balaban J connectivity index is 2.30. The van der Waals surface area contributed by atoms with Gasteiger partial charge in [0.25, 0.3) is 0 Å². The second-order valence-corrected chi connectivity index (χ2v) is 5.22. The van der Waals surface area contributed by atoms with E-state index in [4.69, 9.17) is 22.1 Å². The van der Waals surface area contributed by atoms with Gasteiger partial charge in [0.2, 0.25) is 0 Å². The third kappa shape index (κ3) is 3.37. The average molecular weight is 367 g/mol. The lowest BCUT2D eigenvalue weighted by molar-refractivity contribution is -0.137. The summed E-state index contributed by atoms with van der Waals surface area (Å²) in [6.45, 7) is 0. The summed E-state index contributed by atoms with van der Waals surface area (Å²) in [6.07, 6.45) is -4.44. The van der Waals surface area contributed by atoms with Crippen LogP contribution in [-0.2, 0) is 6.18 Å². The molecule has 2 aromatic rings. The zero-order valence-corrected chi connectivity index (χ0v) is 12.2. The Morgan fingerprint density at radius 1 is 1.05 bits per heavy atom. The first-order chi connectivity index (χ1) is 9.27. The highest BCUT2D eigenvalue weighted by molar-refractivity contribution is 9.10. The number of halogens is 5. The fourth-order valence-electron chi connectivity index (χ4n) is 1.49. The van der Waals surface area contributed by atoms with E-state index in [1.165, 1.54) is 6.07 Å². The van der Waals surface area contributed by atoms with E-state index in [2.05, 4.69) is 15.9 Å². The normalized spacial score (nSPS) is 11.4. The van der Waals surface area contributed by atoms with Gasteiger partial charge in [-0.1, -0.05) is 11.6 Å². The topological polar surface area (TPSA) is 35.2 Å². The Kier molecular flexibility index (Phi) is 4.15. The van der Waals surface area contributed by atoms with Gasteiger partial charge in [0.1, 0.15) is 11.5 Å². The maximum absolute atomic E-state index is 12.5. The maximum Gasteiger partial charge on any atom is 0.416 e. The predicted molar refractivity (Wildman–Crippen MR) is 75.1 cm³/mol. The van der Waals surface area contributed by atoms with Crippen LogP contribution in [0.5, 0.6) is 11.5 Å². The molecule has 0 bridgehead atoms. The van der Waals surface area contributed by atoms with Crippen molar-refractivity contribution in [2.24, 2.45) is 0 Å². The van der Waals surface area contributed by atoms with Gasteiger partial charge in [0, 0.05) is 5.02 Å². The van der Waals surface area contributed by atoms with E-state index in [0.29, 0.717) is 15.2 Å². The van der Waals surface area contributed by atoms with Crippen molar-refractivity contribution in [3.8, 4) is 11.5 Å². The second kappa shape index (κ2) is 5.54. The summed E-state index contributed by atoms with van der Waals surface area (Å²) in [5, 5.41) is 0.504. The van der Waals surface area contributed by atoms with E-state index in [1.54, 1.807) is 18.2 Å². The molecule has 0 amide bonds. The van der Waals surface area contributed by atoms with Crippen LogP contribution in [0.3, 0.4) is 0 Å². The van der Waals surface area contributed by atoms with Crippen LogP contribution in [0.25, 0.3) is 0 Å². The van der Waals surface area contributed by atoms with Gasteiger partial charge >= 0.3 is 6.18 Å². The Bertz CT molecular complexity index is 646. The molecule has 0 unspecified atom stereocenters. The monoisotopic (exact) mass is 365 g/mol. The number of hydrogen-bond donors (Lipinski definition) is 1. The van der Waals surface area contributed by atoms with Gasteiger partial charge in [0.15, 0.2) is 0 Å². The third-order valence-electron chi connectivity index (χ3n) is 2.45. The minimum Gasteiger partial charge on any atom is -0.454 e. The maximum atomic E-state index is 12.5. The van der Waals surface area contributed by atoms with Gasteiger partial charge in [-0.25, -0.2) is 0 Å². The van der Waals surface area contributed by atoms with Crippen LogP contribution < -0.4 is 10.5 Å². The molecule has 0 aromatic heterocycles. The predicted octanol–water partition coefficient (Wildman–Crippen LogP) is 5.50. The molecule has 0 radical (unpaired) electrons. The number of nitrogens with two attached hydrogens (primary N) is 1. The standard InChI is InChI=1S/C13H8BrClF3NO/c14-9-6-8(15)2-4-11(9)20-12-3-1-7(5-10(12)19)13(16,17)18/h1-6H,19H2. The van der Waals surface area contributed by atoms with E-state index in [9.17, 15) is 13.2 Å². The Hall–Kier alpha value is -1.40. The summed E-state index contributed by atoms with van der Waals surface area (Å²) in [7, 11) is 0. The van der Waals surface area contributed by atoms with E-state index >= 15 is 0 Å². The highest BCUT2D eigenvalue weighted by atomic mass is 79.9. The number of rotatable bonds is 2. The molecule has 106 valence electrons. The molecule has 2 N–H and O–H groups in total. The molecule has 0 fully saturated rings. The molecule has 20 heavy (non-hydrogen) atoms. The quantitative estimate of drug-likeness (QED) is 0.713. The molecule has 0 aliphatic heterocycles. The van der Waals surface area contributed by atoms with Gasteiger partial charge in [-0.05, 0) is 52.3 Å². The molecule has 0 atom stereocenters. The van der Waals surface area contributed by atoms with Gasteiger partial charge in [-0.3, -0.25) is 0 Å². The Morgan fingerprint density at radius 2 is 1.70 bits per heavy atom. The molecule has 0 saturated heterocycles. The first-order valence-corrected chi connectivity index (χ1v) is 6.54. The summed E-state index contributed by atoms with van der Waals surface area (Å²) in [6, 6.07) is 7.72. The Labute approximate surface area is 126 Å². The molecule has 2 rings (SSSR count). The van der Waals surface area contributed by atoms with Gasteiger partial charge in [0.05, 0.1) is 15.7 Å². The van der Waals surface area contributed by atoms with Crippen LogP contribution in [-0.4, -0.2) is 0 Å². The lowest BCUT2D eigenvalue weighted by Crippen LogP contribution is -2.06. The molecule has 2 aromatic carbocycles. The van der Waals surface area contributed by atoms with Crippen LogP contribution in [0, 0.1) is 0 Å². The zero-order chi connectivity index (χ0) is 14.9. The number of hydrogen-bond acceptors (Lipinski definition) is 2. The van der Waals surface area contributed by atoms with E-state index in [0.717, 1.165) is 12.1 Å². The minimum atomic E-state index is -4.44. The molecule has 0 saturated carbocycles. The van der Waals surface area contributed by atoms with E-state index in [-0.39, 0.29) is 11.4 Å². The molecule has 0 spiro atoms. The van der Waals surface area contributed by atoms with Crippen LogP contribution >= 0.6 is 27.5 Å². The summed E-state index contributed by atoms with van der Waals surface area (Å²) >= 11 is 9.03. The van der Waals surface area contributed by atoms with E-state index < -0.39 is 11.7 Å². The van der Waals surface area contributed by atoms with Crippen molar-refractivity contribution in [2.45, 2.75) is 6.18 Å². The number of benzene rings is 2. The first kappa shape index (κ1) is 15.0. The molecular formula is C13H8BrClF3NO. The van der Waals surface area contributed by atoms with Crippen molar-refractivity contribution in [1.82, 2.24) is 0 Å². The fourth-order valence-corrected chi connectivity index (χ4v) is 2.26. The highest BCUT2D eigenvalue weighted by Crippen LogP contribution is 2.37. The van der Waals surface area contributed by atoms with Crippen molar-refractivity contribution in [1.29, 1.82) is 0 Å². The van der Waals surface area contributed by atoms with Crippen LogP contribution in [0.2, 0.25) is 5.02 Å². The SMILES string of the molecule is Nc1cc(C(F)(F)F)ccc1Oc1ccc(Cl)cc1Br. The first-order valence-electron chi connectivity index (χ1n) is 5.37. The smallest absolute Gasteiger partial charge is 0.416 e. The second-order valence-electron chi connectivity index (χ2n) is 3.93. The van der Waals surface area contributed by atoms with Crippen LogP contribution in [0.15, 0.2) is 40.9 Å². The van der Waals surface area contributed by atoms with Crippen molar-refractivity contribution < 1.29 is 17.9 Å². The van der Waals surface area contributed by atoms with Crippen LogP contribution in [0.4, 0.5) is 18.9 Å². The Morgan fingerprint density at radius 3 is 2.25 bits per heavy atom. The number of nitrogen functional groups attached to an aromatic ring is 1. The minimum absolute atomic E-state index is 0.0957. The molecule has 0 aliphatic rings. The van der Waals surface area contributed by atoms with Crippen molar-refractivity contribution in [3.05, 3.63) is 51.5 Å². The van der Waals surface area contributed by atoms with Crippen molar-refractivity contribution >= 4 is 33.2 Å². The fraction of sp³-hybridized carbons (Fsp3) is 0.0769. The van der Waals surface area contributed by atoms with Crippen molar-refractivity contribution in [3.63, 3.8) is 0 Å². The van der Waals surface area contributed by atoms with Gasteiger partial charge in [-0.15, -0.1) is 0 Å². The number of anilines is 1. The lowest BCUT2D eigenvalue weighted by Gasteiger charge is -2.12. The third-order valence-corrected chi connectivity index (χ3v) is 3.31. The summed E-state index contributed by atoms with van der Waals surface area (Å²) < 4.78 is 43.6. The molecule has 2 nitrogen and oxygen atoms in total. The molecular weight excluding hydrogens is 358 g/mol. The number of alkyl halides is 3. The molecule has 7 heteroatoms. The number of ether oxygens (including phenoxy) is 1. The average Bonchev–Trinajstić information content (AvgIpc) is 2.33. The summed E-state index contributed by atoms with van der Waals surface area (Å²) in [5.74, 6) is 0.543. The molecule has 0 heterocycles. The van der Waals surface area contributed by atoms with Gasteiger partial charge < -0.3 is 10.5 Å². The van der Waals surface area contributed by atoms with Gasteiger partial charge in [-0.2, -0.15) is 13.2 Å². The van der Waals surface area contributed by atoms with Crippen molar-refractivity contribution in [2.75, 3.05) is 5.73 Å².